The van der Waals surface area contributed by atoms with Crippen molar-refractivity contribution in [1.82, 2.24) is 19.7 Å². The third kappa shape index (κ3) is 4.23. The Balaban J connectivity index is 1.27. The number of rotatable bonds is 7. The van der Waals surface area contributed by atoms with Gasteiger partial charge in [0.25, 0.3) is 5.69 Å². The Kier molecular flexibility index (Phi) is 6.15. The second-order valence-corrected chi connectivity index (χ2v) is 9.19. The largest absolute Gasteiger partial charge is 0.387 e. The number of benzene rings is 1. The minimum atomic E-state index is -1.15. The molecular formula is C22H22N6O6S. The fourth-order valence-corrected chi connectivity index (χ4v) is 5.26. The summed E-state index contributed by atoms with van der Waals surface area (Å²) in [7, 11) is 0. The van der Waals surface area contributed by atoms with Crippen molar-refractivity contribution in [3.8, 4) is 11.3 Å². The van der Waals surface area contributed by atoms with Crippen LogP contribution in [0.2, 0.25) is 0 Å². The Labute approximate surface area is 202 Å². The van der Waals surface area contributed by atoms with E-state index in [-0.39, 0.29) is 5.69 Å². The lowest BCUT2D eigenvalue weighted by Crippen LogP contribution is -2.32. The molecule has 1 aliphatic rings. The number of aromatic nitrogens is 4. The molecule has 4 N–H and O–H groups in total. The summed E-state index contributed by atoms with van der Waals surface area (Å²) in [5, 5.41) is 36.9. The summed E-state index contributed by atoms with van der Waals surface area (Å²) in [5.41, 5.74) is 8.62. The number of nitrogen functional groups attached to an aromatic ring is 1. The molecular weight excluding hydrogens is 476 g/mol. The average molecular weight is 499 g/mol. The molecule has 4 aromatic rings. The number of aliphatic hydroxyl groups is 2. The first kappa shape index (κ1) is 23.2. The lowest BCUT2D eigenvalue weighted by molar-refractivity contribution is -0.384. The maximum atomic E-state index is 10.9. The fourth-order valence-electron chi connectivity index (χ4n) is 4.09. The first-order valence-electron chi connectivity index (χ1n) is 10.7. The lowest BCUT2D eigenvalue weighted by atomic mass is 10.1. The van der Waals surface area contributed by atoms with Gasteiger partial charge in [-0.05, 0) is 25.1 Å². The number of non-ortho nitro benzene ring substituents is 1. The van der Waals surface area contributed by atoms with Gasteiger partial charge in [-0.1, -0.05) is 5.16 Å². The molecule has 0 amide bonds. The molecule has 35 heavy (non-hydrogen) atoms. The summed E-state index contributed by atoms with van der Waals surface area (Å²) in [5.74, 6) is 1.76. The number of nitrogens with zero attached hydrogens (tertiary/aromatic N) is 5. The Morgan fingerprint density at radius 2 is 1.97 bits per heavy atom. The highest BCUT2D eigenvalue weighted by Gasteiger charge is 2.44. The summed E-state index contributed by atoms with van der Waals surface area (Å²) in [6.45, 7) is 1.82. The van der Waals surface area contributed by atoms with Crippen LogP contribution in [0.1, 0.15) is 17.5 Å². The molecule has 0 radical (unpaired) electrons. The second kappa shape index (κ2) is 9.26. The van der Waals surface area contributed by atoms with Gasteiger partial charge in [-0.2, -0.15) is 11.8 Å². The number of hydrogen-bond acceptors (Lipinski definition) is 11. The van der Waals surface area contributed by atoms with E-state index in [1.165, 1.54) is 30.2 Å². The van der Waals surface area contributed by atoms with E-state index < -0.39 is 29.5 Å². The number of hydrogen-bond donors (Lipinski definition) is 3. The molecule has 5 rings (SSSR count). The third-order valence-electron chi connectivity index (χ3n) is 6.00. The van der Waals surface area contributed by atoms with E-state index in [4.69, 9.17) is 15.0 Å². The zero-order valence-electron chi connectivity index (χ0n) is 18.5. The van der Waals surface area contributed by atoms with Gasteiger partial charge in [-0.15, -0.1) is 0 Å². The molecule has 0 saturated carbocycles. The summed E-state index contributed by atoms with van der Waals surface area (Å²) < 4.78 is 13.1. The van der Waals surface area contributed by atoms with Crippen molar-refractivity contribution in [2.75, 3.05) is 11.5 Å². The van der Waals surface area contributed by atoms with E-state index >= 15 is 0 Å². The van der Waals surface area contributed by atoms with Crippen LogP contribution in [0.3, 0.4) is 0 Å². The van der Waals surface area contributed by atoms with Crippen molar-refractivity contribution in [3.05, 3.63) is 64.2 Å². The minimum absolute atomic E-state index is 0.00832. The first-order valence-corrected chi connectivity index (χ1v) is 11.9. The molecule has 13 heteroatoms. The summed E-state index contributed by atoms with van der Waals surface area (Å²) in [6, 6.07) is 7.81. The third-order valence-corrected chi connectivity index (χ3v) is 7.06. The van der Waals surface area contributed by atoms with Gasteiger partial charge in [0.1, 0.15) is 30.0 Å². The van der Waals surface area contributed by atoms with E-state index in [1.807, 2.05) is 6.92 Å². The van der Waals surface area contributed by atoms with Gasteiger partial charge in [-0.25, -0.2) is 9.97 Å². The Morgan fingerprint density at radius 1 is 1.20 bits per heavy atom. The standard InChI is InChI=1S/C22H22N6O6S/c1-11-15(19(34-26-11)12-2-4-13(5-3-12)28(31)32)8-35-9-16-17(29)18(30)22(33-16)27-7-6-14-20(23)24-10-25-21(14)27/h2-7,10,16-18,22,29-30H,8-9H2,1H3,(H2,23,24,25)/t16-,17-,18-,22-/m1/s1. The predicted molar refractivity (Wildman–Crippen MR) is 127 cm³/mol. The first-order chi connectivity index (χ1) is 16.8. The predicted octanol–water partition coefficient (Wildman–Crippen LogP) is 2.44. The highest BCUT2D eigenvalue weighted by Crippen LogP contribution is 2.36. The van der Waals surface area contributed by atoms with E-state index in [2.05, 4.69) is 15.1 Å². The van der Waals surface area contributed by atoms with Crippen LogP contribution in [0.15, 0.2) is 47.4 Å². The van der Waals surface area contributed by atoms with Crippen molar-refractivity contribution in [2.45, 2.75) is 37.2 Å². The molecule has 3 aromatic heterocycles. The number of nitrogens with two attached hydrogens (primary N) is 1. The molecule has 0 bridgehead atoms. The molecule has 0 aliphatic carbocycles. The molecule has 12 nitrogen and oxygen atoms in total. The number of nitro benzene ring substituents is 1. The Hall–Kier alpha value is -3.52. The van der Waals surface area contributed by atoms with Crippen molar-refractivity contribution in [3.63, 3.8) is 0 Å². The van der Waals surface area contributed by atoms with E-state index in [0.29, 0.717) is 45.4 Å². The van der Waals surface area contributed by atoms with Crippen molar-refractivity contribution >= 4 is 34.3 Å². The normalized spacial score (nSPS) is 22.1. The van der Waals surface area contributed by atoms with Crippen LogP contribution in [0, 0.1) is 17.0 Å². The van der Waals surface area contributed by atoms with Gasteiger partial charge >= 0.3 is 0 Å². The van der Waals surface area contributed by atoms with Gasteiger partial charge in [-0.3, -0.25) is 10.1 Å². The van der Waals surface area contributed by atoms with Gasteiger partial charge in [0.15, 0.2) is 12.0 Å². The molecule has 0 unspecified atom stereocenters. The van der Waals surface area contributed by atoms with Crippen LogP contribution in [-0.2, 0) is 10.5 Å². The molecule has 4 atom stereocenters. The summed E-state index contributed by atoms with van der Waals surface area (Å²) in [6.07, 6.45) is -0.663. The van der Waals surface area contributed by atoms with Crippen molar-refractivity contribution < 1.29 is 24.4 Å². The lowest BCUT2D eigenvalue weighted by Gasteiger charge is -2.17. The molecule has 1 aliphatic heterocycles. The molecule has 1 aromatic carbocycles. The number of fused-ring (bicyclic) bond motifs is 1. The van der Waals surface area contributed by atoms with Gasteiger partial charge in [0.2, 0.25) is 0 Å². The number of ether oxygens (including phenoxy) is 1. The van der Waals surface area contributed by atoms with Crippen LogP contribution in [0.25, 0.3) is 22.4 Å². The zero-order valence-corrected chi connectivity index (χ0v) is 19.3. The number of thioether (sulfide) groups is 1. The maximum Gasteiger partial charge on any atom is 0.269 e. The van der Waals surface area contributed by atoms with Crippen molar-refractivity contribution in [1.29, 1.82) is 0 Å². The maximum absolute atomic E-state index is 10.9. The topological polar surface area (TPSA) is 176 Å². The quantitative estimate of drug-likeness (QED) is 0.252. The zero-order chi connectivity index (χ0) is 24.7. The molecule has 1 saturated heterocycles. The Morgan fingerprint density at radius 3 is 2.71 bits per heavy atom. The summed E-state index contributed by atoms with van der Waals surface area (Å²) >= 11 is 1.49. The van der Waals surface area contributed by atoms with Crippen molar-refractivity contribution in [2.24, 2.45) is 0 Å². The molecule has 0 spiro atoms. The highest BCUT2D eigenvalue weighted by atomic mass is 32.2. The minimum Gasteiger partial charge on any atom is -0.387 e. The van der Waals surface area contributed by atoms with Gasteiger partial charge < -0.3 is 29.8 Å². The number of aryl methyl sites for hydroxylation is 1. The second-order valence-electron chi connectivity index (χ2n) is 8.16. The smallest absolute Gasteiger partial charge is 0.269 e. The summed E-state index contributed by atoms with van der Waals surface area (Å²) in [4.78, 5) is 18.7. The SMILES string of the molecule is Cc1noc(-c2ccc([N+](=O)[O-])cc2)c1CSC[C@H]1O[C@@H](n2ccc3c(N)ncnc32)[C@H](O)[C@@H]1O. The van der Waals surface area contributed by atoms with Crippen LogP contribution >= 0.6 is 11.8 Å². The monoisotopic (exact) mass is 498 g/mol. The number of anilines is 1. The van der Waals surface area contributed by atoms with E-state index in [0.717, 1.165) is 5.56 Å². The highest BCUT2D eigenvalue weighted by molar-refractivity contribution is 7.98. The molecule has 182 valence electrons. The van der Waals surface area contributed by atoms with Gasteiger partial charge in [0.05, 0.1) is 22.1 Å². The molecule has 4 heterocycles. The van der Waals surface area contributed by atoms with Crippen LogP contribution < -0.4 is 5.73 Å². The van der Waals surface area contributed by atoms with Crippen LogP contribution in [-0.4, -0.2) is 58.9 Å². The van der Waals surface area contributed by atoms with E-state index in [9.17, 15) is 20.3 Å². The van der Waals surface area contributed by atoms with E-state index in [1.54, 1.807) is 29.0 Å². The van der Waals surface area contributed by atoms with Gasteiger partial charge in [0, 0.05) is 41.0 Å². The Bertz CT molecular complexity index is 1370. The fraction of sp³-hybridized carbons (Fsp3) is 0.318. The number of aliphatic hydroxyl groups excluding tert-OH is 2. The number of nitro groups is 1. The average Bonchev–Trinajstić information content (AvgIpc) is 3.52. The van der Waals surface area contributed by atoms with Crippen LogP contribution in [0.4, 0.5) is 11.5 Å². The van der Waals surface area contributed by atoms with Crippen LogP contribution in [0.5, 0.6) is 0 Å². The molecule has 1 fully saturated rings.